The van der Waals surface area contributed by atoms with Crippen LogP contribution in [0.15, 0.2) is 59.6 Å². The third-order valence-electron chi connectivity index (χ3n) is 6.61. The highest BCUT2D eigenvalue weighted by molar-refractivity contribution is 5.80. The van der Waals surface area contributed by atoms with Crippen LogP contribution in [0.4, 0.5) is 4.39 Å². The predicted molar refractivity (Wildman–Crippen MR) is 127 cm³/mol. The van der Waals surface area contributed by atoms with Gasteiger partial charge in [-0.05, 0) is 50.0 Å². The molecule has 32 heavy (non-hydrogen) atoms. The van der Waals surface area contributed by atoms with Crippen molar-refractivity contribution in [3.05, 3.63) is 66.0 Å². The van der Waals surface area contributed by atoms with Gasteiger partial charge in [-0.1, -0.05) is 36.4 Å². The Morgan fingerprint density at radius 2 is 1.66 bits per heavy atom. The summed E-state index contributed by atoms with van der Waals surface area (Å²) in [5, 5.41) is 3.60. The Morgan fingerprint density at radius 3 is 2.34 bits per heavy atom. The van der Waals surface area contributed by atoms with Gasteiger partial charge in [-0.25, -0.2) is 4.39 Å². The quantitative estimate of drug-likeness (QED) is 0.543. The molecule has 2 aromatic carbocycles. The fourth-order valence-corrected chi connectivity index (χ4v) is 4.66. The highest BCUT2D eigenvalue weighted by atomic mass is 19.1. The number of nitrogens with zero attached hydrogens (tertiary/aromatic N) is 3. The van der Waals surface area contributed by atoms with Crippen LogP contribution in [0, 0.1) is 11.7 Å². The Balaban J connectivity index is 1.17. The van der Waals surface area contributed by atoms with E-state index in [0.717, 1.165) is 75.7 Å². The van der Waals surface area contributed by atoms with Crippen LogP contribution in [0.3, 0.4) is 0 Å². The maximum absolute atomic E-state index is 13.9. The number of nitrogens with one attached hydrogen (secondary N) is 1. The summed E-state index contributed by atoms with van der Waals surface area (Å²) in [6.07, 6.45) is 4.54. The van der Waals surface area contributed by atoms with Crippen LogP contribution in [-0.4, -0.2) is 61.6 Å². The number of hydrogen-bond donors (Lipinski definition) is 1. The molecule has 2 saturated heterocycles. The number of benzene rings is 2. The van der Waals surface area contributed by atoms with Crippen LogP contribution >= 0.6 is 0 Å². The van der Waals surface area contributed by atoms with Gasteiger partial charge in [0.05, 0.1) is 0 Å². The molecular formula is C26H35FN4O. The molecule has 0 spiro atoms. The highest BCUT2D eigenvalue weighted by Gasteiger charge is 2.24. The monoisotopic (exact) mass is 438 g/mol. The van der Waals surface area contributed by atoms with Crippen LogP contribution in [-0.2, 0) is 6.54 Å². The Bertz CT molecular complexity index is 859. The van der Waals surface area contributed by atoms with E-state index in [0.29, 0.717) is 12.5 Å². The molecule has 4 rings (SSSR count). The molecule has 0 bridgehead atoms. The Kier molecular flexibility index (Phi) is 7.99. The number of halogens is 1. The van der Waals surface area contributed by atoms with E-state index in [9.17, 15) is 4.39 Å². The minimum Gasteiger partial charge on any atom is -0.490 e. The van der Waals surface area contributed by atoms with Gasteiger partial charge in [0.2, 0.25) is 0 Å². The molecule has 172 valence electrons. The largest absolute Gasteiger partial charge is 0.490 e. The van der Waals surface area contributed by atoms with Crippen molar-refractivity contribution in [3.8, 4) is 5.75 Å². The minimum absolute atomic E-state index is 0.0990. The first-order chi connectivity index (χ1) is 15.7. The first kappa shape index (κ1) is 22.6. The topological polar surface area (TPSA) is 40.1 Å². The van der Waals surface area contributed by atoms with E-state index in [1.54, 1.807) is 12.1 Å². The summed E-state index contributed by atoms with van der Waals surface area (Å²) in [6, 6.07) is 17.2. The van der Waals surface area contributed by atoms with Crippen LogP contribution in [0.25, 0.3) is 0 Å². The van der Waals surface area contributed by atoms with Crippen molar-refractivity contribution < 1.29 is 9.13 Å². The molecule has 2 aliphatic heterocycles. The van der Waals surface area contributed by atoms with Gasteiger partial charge >= 0.3 is 0 Å². The molecule has 0 atom stereocenters. The Labute approximate surface area is 191 Å². The van der Waals surface area contributed by atoms with Crippen LogP contribution in [0.1, 0.15) is 31.2 Å². The summed E-state index contributed by atoms with van der Waals surface area (Å²) in [5.74, 6) is 2.48. The normalized spacial score (nSPS) is 19.2. The lowest BCUT2D eigenvalue weighted by molar-refractivity contribution is 0.129. The molecule has 0 aliphatic carbocycles. The van der Waals surface area contributed by atoms with Gasteiger partial charge in [-0.15, -0.1) is 0 Å². The number of rotatable bonds is 6. The average molecular weight is 439 g/mol. The van der Waals surface area contributed by atoms with Crippen LogP contribution in [0.2, 0.25) is 0 Å². The lowest BCUT2D eigenvalue weighted by Gasteiger charge is -2.36. The molecule has 0 aromatic heterocycles. The van der Waals surface area contributed by atoms with Crippen LogP contribution < -0.4 is 10.1 Å². The van der Waals surface area contributed by atoms with Crippen molar-refractivity contribution in [2.75, 3.05) is 39.8 Å². The van der Waals surface area contributed by atoms with Gasteiger partial charge in [0.1, 0.15) is 17.7 Å². The molecule has 6 heteroatoms. The maximum atomic E-state index is 13.9. The molecule has 1 N–H and O–H groups in total. The van der Waals surface area contributed by atoms with Crippen molar-refractivity contribution in [1.29, 1.82) is 0 Å². The third kappa shape index (κ3) is 6.22. The molecule has 0 saturated carbocycles. The van der Waals surface area contributed by atoms with E-state index in [1.165, 1.54) is 0 Å². The smallest absolute Gasteiger partial charge is 0.193 e. The minimum atomic E-state index is -0.0990. The summed E-state index contributed by atoms with van der Waals surface area (Å²) < 4.78 is 20.0. The van der Waals surface area contributed by atoms with Crippen molar-refractivity contribution in [2.24, 2.45) is 10.9 Å². The zero-order valence-electron chi connectivity index (χ0n) is 19.0. The molecule has 2 aliphatic rings. The van der Waals surface area contributed by atoms with Gasteiger partial charge in [0, 0.05) is 51.6 Å². The first-order valence-electron chi connectivity index (χ1n) is 11.8. The highest BCUT2D eigenvalue weighted by Crippen LogP contribution is 2.21. The second-order valence-electron chi connectivity index (χ2n) is 8.86. The number of ether oxygens (including phenoxy) is 1. The van der Waals surface area contributed by atoms with Gasteiger partial charge in [-0.3, -0.25) is 9.89 Å². The summed E-state index contributed by atoms with van der Waals surface area (Å²) >= 11 is 0. The van der Waals surface area contributed by atoms with Gasteiger partial charge in [-0.2, -0.15) is 0 Å². The predicted octanol–water partition coefficient (Wildman–Crippen LogP) is 4.16. The number of piperidine rings is 2. The van der Waals surface area contributed by atoms with E-state index >= 15 is 0 Å². The second kappa shape index (κ2) is 11.3. The maximum Gasteiger partial charge on any atom is 0.193 e. The summed E-state index contributed by atoms with van der Waals surface area (Å²) in [4.78, 5) is 9.23. The first-order valence-corrected chi connectivity index (χ1v) is 11.8. The SMILES string of the molecule is CN=C(NCC1CCN(Cc2ccccc2F)CC1)N1CCC(Oc2ccccc2)CC1. The third-order valence-corrected chi connectivity index (χ3v) is 6.61. The molecule has 2 heterocycles. The molecular weight excluding hydrogens is 403 g/mol. The average Bonchev–Trinajstić information content (AvgIpc) is 2.83. The molecule has 2 fully saturated rings. The van der Waals surface area contributed by atoms with E-state index in [1.807, 2.05) is 49.5 Å². The van der Waals surface area contributed by atoms with Gasteiger partial charge in [0.15, 0.2) is 5.96 Å². The molecule has 2 aromatic rings. The number of para-hydroxylation sites is 1. The van der Waals surface area contributed by atoms with Gasteiger partial charge in [0.25, 0.3) is 0 Å². The van der Waals surface area contributed by atoms with Crippen molar-refractivity contribution in [1.82, 2.24) is 15.1 Å². The van der Waals surface area contributed by atoms with E-state index in [2.05, 4.69) is 20.1 Å². The Morgan fingerprint density at radius 1 is 0.969 bits per heavy atom. The number of aliphatic imine (C=N–C) groups is 1. The standard InChI is InChI=1S/C26H35FN4O/c1-28-26(31-17-13-24(14-18-31)32-23-8-3-2-4-9-23)29-19-21-11-15-30(16-12-21)20-22-7-5-6-10-25(22)27/h2-10,21,24H,11-20H2,1H3,(H,28,29). The van der Waals surface area contributed by atoms with E-state index in [-0.39, 0.29) is 11.9 Å². The zero-order chi connectivity index (χ0) is 22.2. The fraction of sp³-hybridized carbons (Fsp3) is 0.500. The van der Waals surface area contributed by atoms with Crippen LogP contribution in [0.5, 0.6) is 5.75 Å². The fourth-order valence-electron chi connectivity index (χ4n) is 4.66. The van der Waals surface area contributed by atoms with Crippen molar-refractivity contribution in [2.45, 2.75) is 38.3 Å². The molecule has 0 radical (unpaired) electrons. The number of hydrogen-bond acceptors (Lipinski definition) is 3. The Hall–Kier alpha value is -2.60. The summed E-state index contributed by atoms with van der Waals surface area (Å²) in [7, 11) is 1.87. The molecule has 0 amide bonds. The van der Waals surface area contributed by atoms with E-state index in [4.69, 9.17) is 4.74 Å². The number of guanidine groups is 1. The zero-order valence-corrected chi connectivity index (χ0v) is 19.0. The molecule has 0 unspecified atom stereocenters. The number of likely N-dealkylation sites (tertiary alicyclic amines) is 2. The van der Waals surface area contributed by atoms with E-state index < -0.39 is 0 Å². The lowest BCUT2D eigenvalue weighted by atomic mass is 9.96. The second-order valence-corrected chi connectivity index (χ2v) is 8.86. The molecule has 5 nitrogen and oxygen atoms in total. The summed E-state index contributed by atoms with van der Waals surface area (Å²) in [6.45, 7) is 5.59. The van der Waals surface area contributed by atoms with Crippen molar-refractivity contribution >= 4 is 5.96 Å². The van der Waals surface area contributed by atoms with Crippen molar-refractivity contribution in [3.63, 3.8) is 0 Å². The summed E-state index contributed by atoms with van der Waals surface area (Å²) in [5.41, 5.74) is 0.795. The lowest BCUT2D eigenvalue weighted by Crippen LogP contribution is -2.49. The van der Waals surface area contributed by atoms with Gasteiger partial charge < -0.3 is 15.0 Å².